The number of rotatable bonds is 6. The molecule has 0 spiro atoms. The Balaban J connectivity index is 1.14. The maximum atomic E-state index is 6.42. The maximum Gasteiger partial charge on any atom is 0.137 e. The van der Waals surface area contributed by atoms with Gasteiger partial charge in [-0.1, -0.05) is 146 Å². The van der Waals surface area contributed by atoms with E-state index in [4.69, 9.17) is 14.4 Å². The van der Waals surface area contributed by atoms with Crippen LogP contribution in [0.5, 0.6) is 0 Å². The van der Waals surface area contributed by atoms with E-state index in [0.717, 1.165) is 94.1 Å². The molecule has 0 aliphatic heterocycles. The smallest absolute Gasteiger partial charge is 0.137 e. The minimum absolute atomic E-state index is 0.852. The molecule has 262 valence electrons. The monoisotopic (exact) mass is 715 g/mol. The highest BCUT2D eigenvalue weighted by atomic mass is 16.3. The first kappa shape index (κ1) is 31.9. The van der Waals surface area contributed by atoms with Crippen LogP contribution >= 0.6 is 0 Å². The summed E-state index contributed by atoms with van der Waals surface area (Å²) in [5, 5.41) is 6.66. The molecule has 9 aromatic carbocycles. The molecule has 2 aromatic heterocycles. The van der Waals surface area contributed by atoms with Gasteiger partial charge in [0.05, 0.1) is 22.4 Å². The van der Waals surface area contributed by atoms with Gasteiger partial charge >= 0.3 is 0 Å². The molecule has 4 nitrogen and oxygen atoms in total. The number of benzene rings is 9. The van der Waals surface area contributed by atoms with Gasteiger partial charge in [0.2, 0.25) is 0 Å². The molecule has 0 aliphatic rings. The van der Waals surface area contributed by atoms with Crippen molar-refractivity contribution in [2.24, 2.45) is 0 Å². The second kappa shape index (κ2) is 13.1. The normalized spacial score (nSPS) is 11.6. The quantitative estimate of drug-likeness (QED) is 0.161. The molecular formula is C52H33N3O. The van der Waals surface area contributed by atoms with E-state index in [9.17, 15) is 0 Å². The van der Waals surface area contributed by atoms with Crippen LogP contribution in [0.25, 0.3) is 88.2 Å². The number of hydrogen-bond acceptors (Lipinski definition) is 4. The summed E-state index contributed by atoms with van der Waals surface area (Å²) in [4.78, 5) is 13.1. The largest absolute Gasteiger partial charge is 0.456 e. The lowest BCUT2D eigenvalue weighted by molar-refractivity contribution is 0.669. The lowest BCUT2D eigenvalue weighted by Crippen LogP contribution is -2.09. The van der Waals surface area contributed by atoms with Crippen molar-refractivity contribution in [3.63, 3.8) is 0 Å². The number of fused-ring (bicyclic) bond motifs is 8. The van der Waals surface area contributed by atoms with Gasteiger partial charge < -0.3 is 9.32 Å². The lowest BCUT2D eigenvalue weighted by atomic mass is 9.98. The topological polar surface area (TPSA) is 42.2 Å². The van der Waals surface area contributed by atoms with E-state index < -0.39 is 0 Å². The first-order chi connectivity index (χ1) is 27.7. The lowest BCUT2D eigenvalue weighted by Gasteiger charge is -2.26. The van der Waals surface area contributed by atoms with E-state index in [1.54, 1.807) is 0 Å². The Morgan fingerprint density at radius 3 is 1.64 bits per heavy atom. The third kappa shape index (κ3) is 5.39. The van der Waals surface area contributed by atoms with Crippen LogP contribution in [-0.2, 0) is 0 Å². The van der Waals surface area contributed by atoms with Crippen molar-refractivity contribution in [1.29, 1.82) is 0 Å². The van der Waals surface area contributed by atoms with E-state index in [2.05, 4.69) is 181 Å². The minimum atomic E-state index is 0.852. The van der Waals surface area contributed by atoms with Crippen molar-refractivity contribution in [1.82, 2.24) is 9.97 Å². The molecule has 2 heterocycles. The number of nitrogens with zero attached hydrogens (tertiary/aromatic N) is 3. The van der Waals surface area contributed by atoms with Gasteiger partial charge in [-0.05, 0) is 75.8 Å². The van der Waals surface area contributed by atoms with Gasteiger partial charge in [-0.2, -0.15) is 0 Å². The molecule has 56 heavy (non-hydrogen) atoms. The van der Waals surface area contributed by atoms with Crippen LogP contribution in [0.1, 0.15) is 0 Å². The second-order valence-corrected chi connectivity index (χ2v) is 14.2. The maximum absolute atomic E-state index is 6.42. The highest BCUT2D eigenvalue weighted by Gasteiger charge is 2.19. The molecule has 0 radical (unpaired) electrons. The molecular weight excluding hydrogens is 683 g/mol. The van der Waals surface area contributed by atoms with Gasteiger partial charge in [-0.3, -0.25) is 0 Å². The first-order valence-corrected chi connectivity index (χ1v) is 18.9. The van der Waals surface area contributed by atoms with Gasteiger partial charge in [0.25, 0.3) is 0 Å². The Labute approximate surface area is 323 Å². The number of furan rings is 1. The molecule has 0 saturated heterocycles. The zero-order chi connectivity index (χ0) is 37.0. The van der Waals surface area contributed by atoms with Gasteiger partial charge in [0.15, 0.2) is 0 Å². The molecule has 0 unspecified atom stereocenters. The molecule has 0 N–H and O–H groups in total. The fourth-order valence-electron chi connectivity index (χ4n) is 8.11. The number of anilines is 3. The Kier molecular flexibility index (Phi) is 7.46. The Hall–Kier alpha value is -7.56. The zero-order valence-corrected chi connectivity index (χ0v) is 30.3. The minimum Gasteiger partial charge on any atom is -0.456 e. The summed E-state index contributed by atoms with van der Waals surface area (Å²) in [5.74, 6) is 0. The van der Waals surface area contributed by atoms with Crippen molar-refractivity contribution in [3.8, 4) is 33.6 Å². The van der Waals surface area contributed by atoms with Crippen molar-refractivity contribution in [3.05, 3.63) is 200 Å². The van der Waals surface area contributed by atoms with Crippen LogP contribution < -0.4 is 4.90 Å². The average molecular weight is 716 g/mol. The van der Waals surface area contributed by atoms with Gasteiger partial charge in [-0.15, -0.1) is 0 Å². The van der Waals surface area contributed by atoms with Crippen LogP contribution in [0.4, 0.5) is 17.1 Å². The SMILES string of the molecule is c1ccc(-c2ccc(N(c3ccc4c(c3)oc3ccccc34)c3ccc4ccc5ccc6nc(-c7ccccc7)c(-c7ccccc7)nc6c5c4c3)cc2)cc1. The molecule has 4 heteroatoms. The molecule has 0 bridgehead atoms. The second-order valence-electron chi connectivity index (χ2n) is 14.2. The fourth-order valence-corrected chi connectivity index (χ4v) is 8.11. The molecule has 0 aliphatic carbocycles. The molecule has 11 rings (SSSR count). The summed E-state index contributed by atoms with van der Waals surface area (Å²) in [7, 11) is 0. The van der Waals surface area contributed by atoms with E-state index in [1.165, 1.54) is 11.1 Å². The highest BCUT2D eigenvalue weighted by Crippen LogP contribution is 2.42. The molecule has 0 amide bonds. The highest BCUT2D eigenvalue weighted by molar-refractivity contribution is 6.19. The van der Waals surface area contributed by atoms with E-state index >= 15 is 0 Å². The van der Waals surface area contributed by atoms with Crippen LogP contribution in [-0.4, -0.2) is 9.97 Å². The summed E-state index contributed by atoms with van der Waals surface area (Å²) in [6.45, 7) is 0. The fraction of sp³-hybridized carbons (Fsp3) is 0. The third-order valence-electron chi connectivity index (χ3n) is 10.8. The third-order valence-corrected chi connectivity index (χ3v) is 10.8. The van der Waals surface area contributed by atoms with Crippen LogP contribution in [0.2, 0.25) is 0 Å². The summed E-state index contributed by atoms with van der Waals surface area (Å²) < 4.78 is 6.42. The molecule has 0 saturated carbocycles. The van der Waals surface area contributed by atoms with Crippen LogP contribution in [0, 0.1) is 0 Å². The van der Waals surface area contributed by atoms with Crippen molar-refractivity contribution >= 4 is 71.6 Å². The molecule has 0 atom stereocenters. The zero-order valence-electron chi connectivity index (χ0n) is 30.3. The summed E-state index contributed by atoms with van der Waals surface area (Å²) >= 11 is 0. The van der Waals surface area contributed by atoms with Crippen molar-refractivity contribution in [2.45, 2.75) is 0 Å². The Morgan fingerprint density at radius 2 is 0.893 bits per heavy atom. The standard InChI is InChI=1S/C52H33N3O/c1-4-12-34(13-5-1)35-22-26-40(27-23-35)55(42-29-30-44-43-18-10-11-19-47(43)56-48(44)33-42)41-28-24-36-20-21-37-25-31-46-52(49(37)45(36)32-41)54-51(39-16-8-3-9-17-39)50(53-46)38-14-6-2-7-15-38/h1-33H. The van der Waals surface area contributed by atoms with Crippen molar-refractivity contribution in [2.75, 3.05) is 4.90 Å². The average Bonchev–Trinajstić information content (AvgIpc) is 3.65. The summed E-state index contributed by atoms with van der Waals surface area (Å²) in [5.41, 5.74) is 12.7. The first-order valence-electron chi connectivity index (χ1n) is 18.9. The number of aromatic nitrogens is 2. The van der Waals surface area contributed by atoms with Gasteiger partial charge in [0, 0.05) is 50.4 Å². The van der Waals surface area contributed by atoms with E-state index in [1.807, 2.05) is 24.3 Å². The van der Waals surface area contributed by atoms with E-state index in [0.29, 0.717) is 0 Å². The van der Waals surface area contributed by atoms with Gasteiger partial charge in [0.1, 0.15) is 11.2 Å². The summed E-state index contributed by atoms with van der Waals surface area (Å²) in [6, 6.07) is 70.2. The molecule has 0 fully saturated rings. The Bertz CT molecular complexity index is 3230. The van der Waals surface area contributed by atoms with Gasteiger partial charge in [-0.25, -0.2) is 9.97 Å². The van der Waals surface area contributed by atoms with Crippen LogP contribution in [0.15, 0.2) is 205 Å². The number of para-hydroxylation sites is 1. The van der Waals surface area contributed by atoms with Crippen LogP contribution in [0.3, 0.4) is 0 Å². The predicted octanol–water partition coefficient (Wildman–Crippen LogP) is 14.3. The number of hydrogen-bond donors (Lipinski definition) is 0. The Morgan fingerprint density at radius 1 is 0.357 bits per heavy atom. The molecule has 11 aromatic rings. The van der Waals surface area contributed by atoms with E-state index in [-0.39, 0.29) is 0 Å². The predicted molar refractivity (Wildman–Crippen MR) is 233 cm³/mol. The summed E-state index contributed by atoms with van der Waals surface area (Å²) in [6.07, 6.45) is 0. The van der Waals surface area contributed by atoms with Crippen molar-refractivity contribution < 1.29 is 4.42 Å².